The first-order chi connectivity index (χ1) is 14.4. The average molecular weight is 400 g/mol. The maximum absolute atomic E-state index is 9.82. The Morgan fingerprint density at radius 3 is 2.37 bits per heavy atom. The standard InChI is InChI=1S/C24H24N4O2/c1-14(2)29-19-11-7-17(8-12-19)22-20(13-25)23(26)30-24-21(22)16(4)27-28(24)18-9-5-15(3)6-10-18/h5-12,14,22H,26H2,1-4H3. The van der Waals surface area contributed by atoms with Crippen molar-refractivity contribution in [3.8, 4) is 23.4 Å². The number of hydrogen-bond donors (Lipinski definition) is 1. The first kappa shape index (κ1) is 19.6. The van der Waals surface area contributed by atoms with Crippen LogP contribution in [-0.4, -0.2) is 15.9 Å². The van der Waals surface area contributed by atoms with Gasteiger partial charge in [-0.25, -0.2) is 4.68 Å². The molecule has 1 atom stereocenters. The van der Waals surface area contributed by atoms with Crippen molar-refractivity contribution >= 4 is 0 Å². The van der Waals surface area contributed by atoms with Gasteiger partial charge in [-0.15, -0.1) is 0 Å². The van der Waals surface area contributed by atoms with E-state index in [9.17, 15) is 5.26 Å². The summed E-state index contributed by atoms with van der Waals surface area (Å²) >= 11 is 0. The van der Waals surface area contributed by atoms with Crippen molar-refractivity contribution in [2.75, 3.05) is 0 Å². The van der Waals surface area contributed by atoms with E-state index in [2.05, 4.69) is 6.07 Å². The third-order valence-electron chi connectivity index (χ3n) is 5.10. The summed E-state index contributed by atoms with van der Waals surface area (Å²) in [5.74, 6) is 1.07. The third kappa shape index (κ3) is 3.39. The van der Waals surface area contributed by atoms with E-state index in [0.29, 0.717) is 11.5 Å². The number of nitriles is 1. The van der Waals surface area contributed by atoms with Gasteiger partial charge in [0.25, 0.3) is 0 Å². The highest BCUT2D eigenvalue weighted by Gasteiger charge is 2.36. The van der Waals surface area contributed by atoms with Crippen LogP contribution in [0.5, 0.6) is 11.6 Å². The van der Waals surface area contributed by atoms with Gasteiger partial charge in [0.1, 0.15) is 17.4 Å². The Labute approximate surface area is 176 Å². The maximum atomic E-state index is 9.82. The van der Waals surface area contributed by atoms with Gasteiger partial charge in [-0.3, -0.25) is 0 Å². The molecule has 0 bridgehead atoms. The molecule has 1 aliphatic heterocycles. The van der Waals surface area contributed by atoms with Crippen LogP contribution in [0.4, 0.5) is 0 Å². The van der Waals surface area contributed by atoms with Crippen LogP contribution in [0.3, 0.4) is 0 Å². The van der Waals surface area contributed by atoms with Crippen LogP contribution >= 0.6 is 0 Å². The average Bonchev–Trinajstić information content (AvgIpc) is 3.03. The van der Waals surface area contributed by atoms with Gasteiger partial charge in [0.15, 0.2) is 0 Å². The molecule has 152 valence electrons. The molecule has 2 N–H and O–H groups in total. The Balaban J connectivity index is 1.84. The van der Waals surface area contributed by atoms with Crippen molar-refractivity contribution in [2.45, 2.75) is 39.7 Å². The predicted octanol–water partition coefficient (Wildman–Crippen LogP) is 4.49. The largest absolute Gasteiger partial charge is 0.491 e. The Morgan fingerprint density at radius 1 is 1.10 bits per heavy atom. The number of rotatable bonds is 4. The fourth-order valence-electron chi connectivity index (χ4n) is 3.72. The van der Waals surface area contributed by atoms with Gasteiger partial charge >= 0.3 is 0 Å². The number of aryl methyl sites for hydroxylation is 2. The van der Waals surface area contributed by atoms with E-state index in [0.717, 1.165) is 33.8 Å². The molecule has 0 fully saturated rings. The topological polar surface area (TPSA) is 86.1 Å². The third-order valence-corrected chi connectivity index (χ3v) is 5.10. The quantitative estimate of drug-likeness (QED) is 0.697. The summed E-state index contributed by atoms with van der Waals surface area (Å²) < 4.78 is 13.4. The maximum Gasteiger partial charge on any atom is 0.229 e. The predicted molar refractivity (Wildman–Crippen MR) is 115 cm³/mol. The molecule has 1 unspecified atom stereocenters. The highest BCUT2D eigenvalue weighted by molar-refractivity contribution is 5.57. The normalized spacial score (nSPS) is 15.5. The second-order valence-corrected chi connectivity index (χ2v) is 7.71. The van der Waals surface area contributed by atoms with Gasteiger partial charge in [-0.05, 0) is 57.5 Å². The summed E-state index contributed by atoms with van der Waals surface area (Å²) in [6.45, 7) is 7.93. The van der Waals surface area contributed by atoms with E-state index in [-0.39, 0.29) is 17.9 Å². The molecule has 0 saturated heterocycles. The van der Waals surface area contributed by atoms with E-state index >= 15 is 0 Å². The second kappa shape index (κ2) is 7.60. The Hall–Kier alpha value is -3.72. The van der Waals surface area contributed by atoms with Crippen LogP contribution in [0.25, 0.3) is 5.69 Å². The molecule has 6 nitrogen and oxygen atoms in total. The number of nitrogens with zero attached hydrogens (tertiary/aromatic N) is 3. The van der Waals surface area contributed by atoms with Crippen LogP contribution in [0, 0.1) is 25.2 Å². The van der Waals surface area contributed by atoms with Crippen LogP contribution in [0.1, 0.15) is 42.1 Å². The number of nitrogens with two attached hydrogens (primary N) is 1. The molecule has 0 amide bonds. The number of fused-ring (bicyclic) bond motifs is 1. The number of ether oxygens (including phenoxy) is 2. The zero-order valence-electron chi connectivity index (χ0n) is 17.5. The molecule has 0 saturated carbocycles. The Bertz CT molecular complexity index is 1150. The number of aromatic nitrogens is 2. The molecule has 1 aliphatic rings. The lowest BCUT2D eigenvalue weighted by molar-refractivity contribution is 0.242. The summed E-state index contributed by atoms with van der Waals surface area (Å²) in [7, 11) is 0. The lowest BCUT2D eigenvalue weighted by Gasteiger charge is -2.25. The number of benzene rings is 2. The van der Waals surface area contributed by atoms with E-state index in [1.807, 2.05) is 76.2 Å². The lowest BCUT2D eigenvalue weighted by Crippen LogP contribution is -2.22. The van der Waals surface area contributed by atoms with Crippen molar-refractivity contribution in [2.24, 2.45) is 5.73 Å². The molecule has 2 heterocycles. The number of allylic oxidation sites excluding steroid dienone is 1. The molecule has 1 aromatic heterocycles. The highest BCUT2D eigenvalue weighted by Crippen LogP contribution is 2.44. The molecular formula is C24H24N4O2. The molecular weight excluding hydrogens is 376 g/mol. The van der Waals surface area contributed by atoms with Gasteiger partial charge in [-0.1, -0.05) is 29.8 Å². The number of hydrogen-bond acceptors (Lipinski definition) is 5. The summed E-state index contributed by atoms with van der Waals surface area (Å²) in [5.41, 5.74) is 11.2. The fourth-order valence-corrected chi connectivity index (χ4v) is 3.72. The van der Waals surface area contributed by atoms with E-state index in [1.54, 1.807) is 4.68 Å². The summed E-state index contributed by atoms with van der Waals surface area (Å²) in [6, 6.07) is 18.0. The first-order valence-corrected chi connectivity index (χ1v) is 9.89. The first-order valence-electron chi connectivity index (χ1n) is 9.89. The van der Waals surface area contributed by atoms with Crippen molar-refractivity contribution in [1.82, 2.24) is 9.78 Å². The van der Waals surface area contributed by atoms with Crippen LogP contribution < -0.4 is 15.2 Å². The van der Waals surface area contributed by atoms with Crippen LogP contribution in [0.2, 0.25) is 0 Å². The van der Waals surface area contributed by atoms with E-state index < -0.39 is 0 Å². The minimum absolute atomic E-state index is 0.0886. The Morgan fingerprint density at radius 2 is 1.77 bits per heavy atom. The molecule has 0 spiro atoms. The summed E-state index contributed by atoms with van der Waals surface area (Å²) in [5, 5.41) is 14.5. The minimum atomic E-state index is -0.356. The highest BCUT2D eigenvalue weighted by atomic mass is 16.5. The van der Waals surface area contributed by atoms with Crippen LogP contribution in [-0.2, 0) is 0 Å². The van der Waals surface area contributed by atoms with Gasteiger partial charge in [0.05, 0.1) is 29.0 Å². The minimum Gasteiger partial charge on any atom is -0.491 e. The molecule has 30 heavy (non-hydrogen) atoms. The van der Waals surface area contributed by atoms with Crippen LogP contribution in [0.15, 0.2) is 60.0 Å². The monoisotopic (exact) mass is 400 g/mol. The van der Waals surface area contributed by atoms with Gasteiger partial charge in [-0.2, -0.15) is 10.4 Å². The molecule has 0 radical (unpaired) electrons. The van der Waals surface area contributed by atoms with Crippen molar-refractivity contribution in [3.05, 3.63) is 82.4 Å². The lowest BCUT2D eigenvalue weighted by atomic mass is 9.84. The molecule has 6 heteroatoms. The van der Waals surface area contributed by atoms with Gasteiger partial charge in [0, 0.05) is 0 Å². The molecule has 0 aliphatic carbocycles. The summed E-state index contributed by atoms with van der Waals surface area (Å²) in [6.07, 6.45) is 0.0886. The van der Waals surface area contributed by atoms with Gasteiger partial charge in [0.2, 0.25) is 11.8 Å². The zero-order chi connectivity index (χ0) is 21.4. The summed E-state index contributed by atoms with van der Waals surface area (Å²) in [4.78, 5) is 0. The van der Waals surface area contributed by atoms with Crippen molar-refractivity contribution < 1.29 is 9.47 Å². The SMILES string of the molecule is Cc1ccc(-n2nc(C)c3c2OC(N)=C(C#N)C3c2ccc(OC(C)C)cc2)cc1. The molecule has 2 aromatic carbocycles. The Kier molecular flexibility index (Phi) is 4.96. The van der Waals surface area contributed by atoms with Crippen molar-refractivity contribution in [1.29, 1.82) is 5.26 Å². The zero-order valence-corrected chi connectivity index (χ0v) is 17.5. The smallest absolute Gasteiger partial charge is 0.229 e. The van der Waals surface area contributed by atoms with E-state index in [4.69, 9.17) is 20.3 Å². The fraction of sp³-hybridized carbons (Fsp3) is 0.250. The molecule has 4 rings (SSSR count). The second-order valence-electron chi connectivity index (χ2n) is 7.71. The molecule has 3 aromatic rings. The van der Waals surface area contributed by atoms with E-state index in [1.165, 1.54) is 0 Å². The van der Waals surface area contributed by atoms with Crippen molar-refractivity contribution in [3.63, 3.8) is 0 Å². The van der Waals surface area contributed by atoms with Gasteiger partial charge < -0.3 is 15.2 Å².